The molecule has 1 unspecified atom stereocenters. The molecule has 1 saturated heterocycles. The average Bonchev–Trinajstić information content (AvgIpc) is 2.36. The molecule has 2 N–H and O–H groups in total. The van der Waals surface area contributed by atoms with Crippen LogP contribution in [0.1, 0.15) is 52.4 Å². The molecular formula is C14H30N2O. The second kappa shape index (κ2) is 8.06. The average molecular weight is 242 g/mol. The second-order valence-corrected chi connectivity index (χ2v) is 5.61. The summed E-state index contributed by atoms with van der Waals surface area (Å²) in [6.45, 7) is 9.23. The zero-order valence-electron chi connectivity index (χ0n) is 11.7. The summed E-state index contributed by atoms with van der Waals surface area (Å²) in [6, 6.07) is 0. The van der Waals surface area contributed by atoms with Crippen molar-refractivity contribution >= 4 is 0 Å². The summed E-state index contributed by atoms with van der Waals surface area (Å²) in [7, 11) is 0. The Morgan fingerprint density at radius 3 is 2.47 bits per heavy atom. The van der Waals surface area contributed by atoms with Gasteiger partial charge in [0.2, 0.25) is 0 Å². The summed E-state index contributed by atoms with van der Waals surface area (Å²) in [4.78, 5) is 2.59. The van der Waals surface area contributed by atoms with E-state index < -0.39 is 0 Å². The van der Waals surface area contributed by atoms with Crippen LogP contribution in [0.25, 0.3) is 0 Å². The van der Waals surface area contributed by atoms with Gasteiger partial charge >= 0.3 is 0 Å². The third-order valence-corrected chi connectivity index (χ3v) is 3.85. The van der Waals surface area contributed by atoms with Crippen LogP contribution in [-0.2, 0) is 0 Å². The number of aliphatic hydroxyl groups is 1. The van der Waals surface area contributed by atoms with Crippen molar-refractivity contribution in [2.45, 2.75) is 57.9 Å². The Hall–Kier alpha value is -0.120. The number of nitrogens with zero attached hydrogens (tertiary/aromatic N) is 1. The van der Waals surface area contributed by atoms with Crippen molar-refractivity contribution < 1.29 is 5.11 Å². The molecule has 0 aromatic heterocycles. The van der Waals surface area contributed by atoms with E-state index >= 15 is 0 Å². The number of aliphatic hydroxyl groups excluding tert-OH is 1. The molecule has 0 aliphatic carbocycles. The van der Waals surface area contributed by atoms with Gasteiger partial charge < -0.3 is 15.3 Å². The van der Waals surface area contributed by atoms with Crippen molar-refractivity contribution in [1.82, 2.24) is 10.2 Å². The highest BCUT2D eigenvalue weighted by atomic mass is 16.3. The van der Waals surface area contributed by atoms with Crippen LogP contribution in [0.15, 0.2) is 0 Å². The lowest BCUT2D eigenvalue weighted by Crippen LogP contribution is -2.45. The summed E-state index contributed by atoms with van der Waals surface area (Å²) in [5.74, 6) is 0. The molecule has 3 heteroatoms. The van der Waals surface area contributed by atoms with Crippen molar-refractivity contribution in [1.29, 1.82) is 0 Å². The van der Waals surface area contributed by atoms with Crippen LogP contribution < -0.4 is 5.32 Å². The van der Waals surface area contributed by atoms with E-state index in [2.05, 4.69) is 24.1 Å². The van der Waals surface area contributed by atoms with Crippen LogP contribution in [0.3, 0.4) is 0 Å². The maximum Gasteiger partial charge on any atom is 0.0610 e. The molecule has 0 saturated carbocycles. The molecule has 1 atom stereocenters. The van der Waals surface area contributed by atoms with E-state index in [9.17, 15) is 5.11 Å². The monoisotopic (exact) mass is 242 g/mol. The lowest BCUT2D eigenvalue weighted by molar-refractivity contribution is 0.161. The number of rotatable bonds is 8. The predicted molar refractivity (Wildman–Crippen MR) is 73.3 cm³/mol. The number of unbranched alkanes of at least 4 members (excludes halogenated alkanes) is 1. The minimum Gasteiger partial charge on any atom is -0.394 e. The number of hydrogen-bond acceptors (Lipinski definition) is 3. The van der Waals surface area contributed by atoms with Crippen molar-refractivity contribution in [3.05, 3.63) is 0 Å². The summed E-state index contributed by atoms with van der Waals surface area (Å²) < 4.78 is 0. The van der Waals surface area contributed by atoms with Crippen LogP contribution in [0.4, 0.5) is 0 Å². The Labute approximate surface area is 107 Å². The molecule has 0 bridgehead atoms. The zero-order valence-corrected chi connectivity index (χ0v) is 11.7. The molecule has 1 aliphatic rings. The fraction of sp³-hybridized carbons (Fsp3) is 1.00. The minimum absolute atomic E-state index is 0.0728. The van der Waals surface area contributed by atoms with Gasteiger partial charge in [0.05, 0.1) is 6.61 Å². The van der Waals surface area contributed by atoms with Gasteiger partial charge in [0.1, 0.15) is 0 Å². The summed E-state index contributed by atoms with van der Waals surface area (Å²) >= 11 is 0. The van der Waals surface area contributed by atoms with Crippen LogP contribution in [0.2, 0.25) is 0 Å². The maximum absolute atomic E-state index is 9.39. The zero-order chi connectivity index (χ0) is 12.6. The second-order valence-electron chi connectivity index (χ2n) is 5.61. The fourth-order valence-electron chi connectivity index (χ4n) is 2.68. The van der Waals surface area contributed by atoms with Crippen molar-refractivity contribution in [3.8, 4) is 0 Å². The molecule has 0 aromatic carbocycles. The summed E-state index contributed by atoms with van der Waals surface area (Å²) in [5, 5.41) is 12.8. The number of nitrogens with one attached hydrogen (secondary N) is 1. The van der Waals surface area contributed by atoms with E-state index in [1.165, 1.54) is 51.7 Å². The Balaban J connectivity index is 2.09. The van der Waals surface area contributed by atoms with Crippen LogP contribution in [-0.4, -0.2) is 48.3 Å². The van der Waals surface area contributed by atoms with Crippen LogP contribution in [0.5, 0.6) is 0 Å². The number of likely N-dealkylation sites (tertiary alicyclic amines) is 1. The highest BCUT2D eigenvalue weighted by Gasteiger charge is 2.21. The first-order valence-electron chi connectivity index (χ1n) is 7.28. The fourth-order valence-corrected chi connectivity index (χ4v) is 2.68. The minimum atomic E-state index is -0.0728. The summed E-state index contributed by atoms with van der Waals surface area (Å²) in [5.41, 5.74) is -0.0728. The van der Waals surface area contributed by atoms with Gasteiger partial charge in [0, 0.05) is 5.54 Å². The van der Waals surface area contributed by atoms with Crippen molar-refractivity contribution in [3.63, 3.8) is 0 Å². The first kappa shape index (κ1) is 14.9. The summed E-state index contributed by atoms with van der Waals surface area (Å²) in [6.07, 6.45) is 7.73. The lowest BCUT2D eigenvalue weighted by Gasteiger charge is -2.30. The largest absolute Gasteiger partial charge is 0.394 e. The first-order valence-corrected chi connectivity index (χ1v) is 7.28. The third kappa shape index (κ3) is 5.84. The topological polar surface area (TPSA) is 35.5 Å². The van der Waals surface area contributed by atoms with Gasteiger partial charge in [0.15, 0.2) is 0 Å². The van der Waals surface area contributed by atoms with Crippen molar-refractivity contribution in [2.75, 3.05) is 32.8 Å². The van der Waals surface area contributed by atoms with Gasteiger partial charge in [-0.1, -0.05) is 19.8 Å². The Morgan fingerprint density at radius 1 is 1.18 bits per heavy atom. The highest BCUT2D eigenvalue weighted by molar-refractivity contribution is 4.81. The van der Waals surface area contributed by atoms with Gasteiger partial charge in [-0.15, -0.1) is 0 Å². The number of piperidine rings is 1. The van der Waals surface area contributed by atoms with Crippen LogP contribution >= 0.6 is 0 Å². The van der Waals surface area contributed by atoms with E-state index in [1.807, 2.05) is 0 Å². The molecule has 1 heterocycles. The van der Waals surface area contributed by atoms with Gasteiger partial charge in [-0.25, -0.2) is 0 Å². The number of hydrogen-bond donors (Lipinski definition) is 2. The van der Waals surface area contributed by atoms with Gasteiger partial charge in [-0.3, -0.25) is 0 Å². The van der Waals surface area contributed by atoms with Gasteiger partial charge in [-0.05, 0) is 58.8 Å². The molecule has 3 nitrogen and oxygen atoms in total. The Kier molecular flexibility index (Phi) is 7.09. The van der Waals surface area contributed by atoms with Gasteiger partial charge in [0.25, 0.3) is 0 Å². The maximum atomic E-state index is 9.39. The molecule has 1 rings (SSSR count). The SMILES string of the molecule is CCNC(C)(CO)CCCCN1CCCCC1. The van der Waals surface area contributed by atoms with E-state index in [0.29, 0.717) is 0 Å². The quantitative estimate of drug-likeness (QED) is 0.639. The third-order valence-electron chi connectivity index (χ3n) is 3.85. The van der Waals surface area contributed by atoms with Gasteiger partial charge in [-0.2, -0.15) is 0 Å². The molecule has 1 aliphatic heterocycles. The van der Waals surface area contributed by atoms with E-state index in [4.69, 9.17) is 0 Å². The smallest absolute Gasteiger partial charge is 0.0610 e. The molecule has 0 radical (unpaired) electrons. The van der Waals surface area contributed by atoms with E-state index in [1.54, 1.807) is 0 Å². The molecule has 17 heavy (non-hydrogen) atoms. The normalized spacial score (nSPS) is 21.4. The molecular weight excluding hydrogens is 212 g/mol. The van der Waals surface area contributed by atoms with Crippen LogP contribution in [0, 0.1) is 0 Å². The molecule has 102 valence electrons. The molecule has 0 aromatic rings. The predicted octanol–water partition coefficient (Wildman–Crippen LogP) is 2.00. The Bertz CT molecular complexity index is 193. The first-order chi connectivity index (χ1) is 8.20. The standard InChI is InChI=1S/C14H30N2O/c1-3-15-14(2,13-17)9-5-8-12-16-10-6-4-7-11-16/h15,17H,3-13H2,1-2H3. The highest BCUT2D eigenvalue weighted by Crippen LogP contribution is 2.15. The van der Waals surface area contributed by atoms with E-state index in [-0.39, 0.29) is 12.1 Å². The number of likely N-dealkylation sites (N-methyl/N-ethyl adjacent to an activating group) is 1. The molecule has 1 fully saturated rings. The Morgan fingerprint density at radius 2 is 1.88 bits per heavy atom. The lowest BCUT2D eigenvalue weighted by atomic mass is 9.95. The van der Waals surface area contributed by atoms with E-state index in [0.717, 1.165) is 13.0 Å². The molecule has 0 amide bonds. The molecule has 0 spiro atoms. The van der Waals surface area contributed by atoms with Crippen molar-refractivity contribution in [2.24, 2.45) is 0 Å².